The minimum atomic E-state index is 0. The minimum absolute atomic E-state index is 0. The molecule has 0 radical (unpaired) electrons. The lowest BCUT2D eigenvalue weighted by atomic mass is 9.95. The number of rotatable bonds is 9. The highest BCUT2D eigenvalue weighted by Crippen LogP contribution is 2.24. The maximum atomic E-state index is 12.2. The Morgan fingerprint density at radius 3 is 2.72 bits per heavy atom. The van der Waals surface area contributed by atoms with E-state index >= 15 is 0 Å². The van der Waals surface area contributed by atoms with Crippen LogP contribution in [0.1, 0.15) is 63.0 Å². The second-order valence-corrected chi connectivity index (χ2v) is 8.49. The standard InChI is InChI=1S/C24H38N4O3.HI/c1-3-25-24(26-13-11-23(29)28-20-7-5-4-6-8-20)27-16-19-10-9-18(2)15-22(19)31-21-12-14-30-17-21;/h9-10,15,20-21H,3-8,11-14,16-17H2,1-2H3,(H,28,29)(H2,25,26,27);1H. The Kier molecular flexibility index (Phi) is 12.2. The molecule has 2 aliphatic rings. The van der Waals surface area contributed by atoms with Crippen LogP contribution in [-0.4, -0.2) is 50.3 Å². The van der Waals surface area contributed by atoms with Crippen LogP contribution in [0.15, 0.2) is 23.2 Å². The molecule has 8 heteroatoms. The molecule has 32 heavy (non-hydrogen) atoms. The summed E-state index contributed by atoms with van der Waals surface area (Å²) in [5.74, 6) is 1.70. The quantitative estimate of drug-likeness (QED) is 0.245. The summed E-state index contributed by atoms with van der Waals surface area (Å²) in [6.07, 6.45) is 7.43. The van der Waals surface area contributed by atoms with Crippen molar-refractivity contribution in [2.24, 2.45) is 4.99 Å². The number of hydrogen-bond acceptors (Lipinski definition) is 4. The van der Waals surface area contributed by atoms with Gasteiger partial charge in [-0.1, -0.05) is 31.4 Å². The second kappa shape index (κ2) is 14.6. The number of hydrogen-bond donors (Lipinski definition) is 3. The molecule has 1 amide bonds. The first-order valence-corrected chi connectivity index (χ1v) is 11.8. The first-order chi connectivity index (χ1) is 15.1. The van der Waals surface area contributed by atoms with Crippen LogP contribution < -0.4 is 20.7 Å². The number of carbonyl (C=O) groups excluding carboxylic acids is 1. The van der Waals surface area contributed by atoms with Gasteiger partial charge in [-0.3, -0.25) is 4.79 Å². The number of halogens is 1. The van der Waals surface area contributed by atoms with Gasteiger partial charge in [0.05, 0.1) is 19.8 Å². The van der Waals surface area contributed by atoms with Gasteiger partial charge in [0.1, 0.15) is 11.9 Å². The Morgan fingerprint density at radius 1 is 1.19 bits per heavy atom. The van der Waals surface area contributed by atoms with E-state index in [9.17, 15) is 4.79 Å². The predicted molar refractivity (Wildman–Crippen MR) is 139 cm³/mol. The second-order valence-electron chi connectivity index (χ2n) is 8.49. The van der Waals surface area contributed by atoms with E-state index in [1.165, 1.54) is 19.3 Å². The van der Waals surface area contributed by atoms with Crippen LogP contribution in [0.2, 0.25) is 0 Å². The summed E-state index contributed by atoms with van der Waals surface area (Å²) in [7, 11) is 0. The number of nitrogens with one attached hydrogen (secondary N) is 3. The van der Waals surface area contributed by atoms with Gasteiger partial charge in [-0.15, -0.1) is 24.0 Å². The molecular formula is C24H39IN4O3. The minimum Gasteiger partial charge on any atom is -0.488 e. The number of amides is 1. The van der Waals surface area contributed by atoms with Gasteiger partial charge in [0.15, 0.2) is 5.96 Å². The molecule has 1 unspecified atom stereocenters. The van der Waals surface area contributed by atoms with Crippen molar-refractivity contribution in [2.45, 2.75) is 77.5 Å². The fourth-order valence-electron chi connectivity index (χ4n) is 4.03. The zero-order valence-electron chi connectivity index (χ0n) is 19.5. The van der Waals surface area contributed by atoms with E-state index in [0.29, 0.717) is 38.1 Å². The fraction of sp³-hybridized carbons (Fsp3) is 0.667. The van der Waals surface area contributed by atoms with Crippen LogP contribution in [0, 0.1) is 6.92 Å². The van der Waals surface area contributed by atoms with E-state index < -0.39 is 0 Å². The first kappa shape index (κ1) is 26.7. The zero-order chi connectivity index (χ0) is 21.9. The summed E-state index contributed by atoms with van der Waals surface area (Å²) in [5, 5.41) is 9.70. The van der Waals surface area contributed by atoms with E-state index in [2.05, 4.69) is 41.1 Å². The van der Waals surface area contributed by atoms with Crippen molar-refractivity contribution in [3.05, 3.63) is 29.3 Å². The Labute approximate surface area is 209 Å². The summed E-state index contributed by atoms with van der Waals surface area (Å²) in [6.45, 7) is 7.32. The molecule has 0 aromatic heterocycles. The van der Waals surface area contributed by atoms with Gasteiger partial charge >= 0.3 is 0 Å². The Hall–Kier alpha value is -1.55. The number of nitrogens with zero attached hydrogens (tertiary/aromatic N) is 1. The monoisotopic (exact) mass is 558 g/mol. The molecule has 3 N–H and O–H groups in total. The van der Waals surface area contributed by atoms with E-state index in [1.54, 1.807) is 0 Å². The van der Waals surface area contributed by atoms with Crippen molar-refractivity contribution >= 4 is 35.8 Å². The largest absolute Gasteiger partial charge is 0.488 e. The van der Waals surface area contributed by atoms with Crippen molar-refractivity contribution < 1.29 is 14.3 Å². The molecule has 1 aromatic carbocycles. The molecular weight excluding hydrogens is 519 g/mol. The maximum Gasteiger partial charge on any atom is 0.221 e. The summed E-state index contributed by atoms with van der Waals surface area (Å²) < 4.78 is 11.6. The summed E-state index contributed by atoms with van der Waals surface area (Å²) in [5.41, 5.74) is 2.21. The van der Waals surface area contributed by atoms with Gasteiger partial charge in [-0.2, -0.15) is 0 Å². The van der Waals surface area contributed by atoms with Crippen molar-refractivity contribution in [1.82, 2.24) is 16.0 Å². The maximum absolute atomic E-state index is 12.2. The molecule has 1 saturated heterocycles. The van der Waals surface area contributed by atoms with Crippen molar-refractivity contribution in [1.29, 1.82) is 0 Å². The number of aryl methyl sites for hydroxylation is 1. The molecule has 1 heterocycles. The van der Waals surface area contributed by atoms with Gasteiger partial charge in [0, 0.05) is 37.5 Å². The third kappa shape index (κ3) is 9.13. The van der Waals surface area contributed by atoms with Gasteiger partial charge in [-0.25, -0.2) is 4.99 Å². The Bertz CT molecular complexity index is 732. The Morgan fingerprint density at radius 2 is 2.00 bits per heavy atom. The summed E-state index contributed by atoms with van der Waals surface area (Å²) in [4.78, 5) is 16.9. The molecule has 1 aliphatic heterocycles. The highest BCUT2D eigenvalue weighted by atomic mass is 127. The van der Waals surface area contributed by atoms with E-state index in [1.807, 2.05) is 6.92 Å². The molecule has 1 aromatic rings. The third-order valence-corrected chi connectivity index (χ3v) is 5.77. The van der Waals surface area contributed by atoms with Crippen LogP contribution in [0.25, 0.3) is 0 Å². The van der Waals surface area contributed by atoms with Crippen molar-refractivity contribution in [3.8, 4) is 5.75 Å². The zero-order valence-corrected chi connectivity index (χ0v) is 21.8. The third-order valence-electron chi connectivity index (χ3n) is 5.77. The predicted octanol–water partition coefficient (Wildman–Crippen LogP) is 3.67. The normalized spacial score (nSPS) is 19.2. The molecule has 1 aliphatic carbocycles. The highest BCUT2D eigenvalue weighted by molar-refractivity contribution is 14.0. The lowest BCUT2D eigenvalue weighted by Gasteiger charge is -2.22. The van der Waals surface area contributed by atoms with Crippen LogP contribution in [0.5, 0.6) is 5.75 Å². The van der Waals surface area contributed by atoms with E-state index in [-0.39, 0.29) is 36.0 Å². The van der Waals surface area contributed by atoms with Gasteiger partial charge in [-0.05, 0) is 38.3 Å². The van der Waals surface area contributed by atoms with Crippen LogP contribution in [0.3, 0.4) is 0 Å². The molecule has 7 nitrogen and oxygen atoms in total. The molecule has 1 atom stereocenters. The van der Waals surface area contributed by atoms with Crippen LogP contribution >= 0.6 is 24.0 Å². The number of benzene rings is 1. The average molecular weight is 559 g/mol. The highest BCUT2D eigenvalue weighted by Gasteiger charge is 2.19. The van der Waals surface area contributed by atoms with E-state index in [4.69, 9.17) is 14.5 Å². The first-order valence-electron chi connectivity index (χ1n) is 11.8. The fourth-order valence-corrected chi connectivity index (χ4v) is 4.03. The number of carbonyl (C=O) groups is 1. The molecule has 180 valence electrons. The molecule has 2 fully saturated rings. The lowest BCUT2D eigenvalue weighted by Crippen LogP contribution is -2.41. The van der Waals surface area contributed by atoms with Gasteiger partial charge in [0.25, 0.3) is 0 Å². The van der Waals surface area contributed by atoms with Crippen molar-refractivity contribution in [2.75, 3.05) is 26.3 Å². The molecule has 0 bridgehead atoms. The van der Waals surface area contributed by atoms with Crippen LogP contribution in [0.4, 0.5) is 0 Å². The Balaban J connectivity index is 0.00000363. The average Bonchev–Trinajstić information content (AvgIpc) is 3.27. The molecule has 3 rings (SSSR count). The number of guanidine groups is 1. The SMILES string of the molecule is CCNC(=NCc1ccc(C)cc1OC1CCOC1)NCCC(=O)NC1CCCCC1.I. The smallest absolute Gasteiger partial charge is 0.221 e. The molecule has 0 spiro atoms. The van der Waals surface area contributed by atoms with Crippen LogP contribution in [-0.2, 0) is 16.1 Å². The summed E-state index contributed by atoms with van der Waals surface area (Å²) >= 11 is 0. The number of aliphatic imine (C=N–C) groups is 1. The van der Waals surface area contributed by atoms with Crippen molar-refractivity contribution in [3.63, 3.8) is 0 Å². The van der Waals surface area contributed by atoms with Gasteiger partial charge in [0.2, 0.25) is 5.91 Å². The lowest BCUT2D eigenvalue weighted by molar-refractivity contribution is -0.121. The topological polar surface area (TPSA) is 84.0 Å². The summed E-state index contributed by atoms with van der Waals surface area (Å²) in [6, 6.07) is 6.58. The van der Waals surface area contributed by atoms with Gasteiger partial charge < -0.3 is 25.4 Å². The van der Waals surface area contributed by atoms with E-state index in [0.717, 1.165) is 49.3 Å². The number of ether oxygens (including phenoxy) is 2. The molecule has 1 saturated carbocycles.